The molecular formula is C10H12F3N3OS. The van der Waals surface area contributed by atoms with Crippen LogP contribution < -0.4 is 10.1 Å². The first-order valence-corrected chi connectivity index (χ1v) is 6.60. The van der Waals surface area contributed by atoms with Crippen molar-refractivity contribution in [2.24, 2.45) is 0 Å². The van der Waals surface area contributed by atoms with Gasteiger partial charge < -0.3 is 10.1 Å². The number of alkyl halides is 3. The van der Waals surface area contributed by atoms with Gasteiger partial charge in [-0.15, -0.1) is 13.2 Å². The predicted molar refractivity (Wildman–Crippen MR) is 62.7 cm³/mol. The molecule has 1 N–H and O–H groups in total. The summed E-state index contributed by atoms with van der Waals surface area (Å²) in [5.41, 5.74) is 0. The largest absolute Gasteiger partial charge is 0.574 e. The van der Waals surface area contributed by atoms with Crippen LogP contribution in [-0.2, 0) is 0 Å². The molecule has 1 aliphatic rings. The van der Waals surface area contributed by atoms with Crippen LogP contribution in [0.3, 0.4) is 0 Å². The van der Waals surface area contributed by atoms with E-state index >= 15 is 0 Å². The van der Waals surface area contributed by atoms with Crippen molar-refractivity contribution in [3.8, 4) is 5.88 Å². The molecule has 0 spiro atoms. The minimum Gasteiger partial charge on any atom is -0.386 e. The first kappa shape index (κ1) is 13.3. The van der Waals surface area contributed by atoms with E-state index in [2.05, 4.69) is 20.0 Å². The Bertz CT molecular complexity index is 379. The average Bonchev–Trinajstić information content (AvgIpc) is 2.31. The maximum Gasteiger partial charge on any atom is 0.574 e. The van der Waals surface area contributed by atoms with Gasteiger partial charge in [-0.25, -0.2) is 9.97 Å². The van der Waals surface area contributed by atoms with E-state index < -0.39 is 12.2 Å². The fraction of sp³-hybridized carbons (Fsp3) is 0.600. The molecule has 1 aliphatic heterocycles. The van der Waals surface area contributed by atoms with Gasteiger partial charge in [0.25, 0.3) is 0 Å². The maximum absolute atomic E-state index is 11.9. The van der Waals surface area contributed by atoms with Crippen LogP contribution in [0.4, 0.5) is 19.0 Å². The average molecular weight is 279 g/mol. The van der Waals surface area contributed by atoms with E-state index in [9.17, 15) is 13.2 Å². The highest BCUT2D eigenvalue weighted by Crippen LogP contribution is 2.22. The van der Waals surface area contributed by atoms with Gasteiger partial charge in [-0.3, -0.25) is 0 Å². The molecule has 100 valence electrons. The van der Waals surface area contributed by atoms with E-state index in [1.54, 1.807) is 0 Å². The van der Waals surface area contributed by atoms with Crippen molar-refractivity contribution >= 4 is 17.6 Å². The smallest absolute Gasteiger partial charge is 0.386 e. The van der Waals surface area contributed by atoms with Gasteiger partial charge in [0.2, 0.25) is 5.88 Å². The summed E-state index contributed by atoms with van der Waals surface area (Å²) < 4.78 is 39.4. The number of hydrogen-bond acceptors (Lipinski definition) is 5. The van der Waals surface area contributed by atoms with E-state index in [4.69, 9.17) is 0 Å². The van der Waals surface area contributed by atoms with Gasteiger partial charge in [-0.1, -0.05) is 0 Å². The quantitative estimate of drug-likeness (QED) is 0.921. The minimum absolute atomic E-state index is 0.315. The Morgan fingerprint density at radius 3 is 2.50 bits per heavy atom. The van der Waals surface area contributed by atoms with E-state index in [0.717, 1.165) is 30.5 Å². The van der Waals surface area contributed by atoms with Crippen LogP contribution in [0.5, 0.6) is 5.88 Å². The van der Waals surface area contributed by atoms with E-state index in [0.29, 0.717) is 11.9 Å². The van der Waals surface area contributed by atoms with Crippen LogP contribution in [0.15, 0.2) is 12.4 Å². The summed E-state index contributed by atoms with van der Waals surface area (Å²) >= 11 is 1.90. The van der Waals surface area contributed by atoms with Gasteiger partial charge in [0.1, 0.15) is 5.82 Å². The molecule has 1 saturated heterocycles. The fourth-order valence-corrected chi connectivity index (χ4v) is 2.72. The van der Waals surface area contributed by atoms with Gasteiger partial charge in [-0.05, 0) is 24.3 Å². The minimum atomic E-state index is -4.73. The predicted octanol–water partition coefficient (Wildman–Crippen LogP) is 2.68. The summed E-state index contributed by atoms with van der Waals surface area (Å²) in [7, 11) is 0. The molecule has 0 bridgehead atoms. The Kier molecular flexibility index (Phi) is 4.15. The highest BCUT2D eigenvalue weighted by Gasteiger charge is 2.31. The lowest BCUT2D eigenvalue weighted by atomic mass is 10.1. The van der Waals surface area contributed by atoms with Crippen LogP contribution in [0.1, 0.15) is 12.8 Å². The van der Waals surface area contributed by atoms with Crippen molar-refractivity contribution in [2.45, 2.75) is 25.2 Å². The first-order chi connectivity index (χ1) is 8.53. The van der Waals surface area contributed by atoms with Gasteiger partial charge in [0.15, 0.2) is 0 Å². The second-order valence-corrected chi connectivity index (χ2v) is 5.04. The zero-order valence-electron chi connectivity index (χ0n) is 9.41. The van der Waals surface area contributed by atoms with Gasteiger partial charge >= 0.3 is 6.36 Å². The Morgan fingerprint density at radius 1 is 1.22 bits per heavy atom. The highest BCUT2D eigenvalue weighted by atomic mass is 32.2. The van der Waals surface area contributed by atoms with Crippen LogP contribution in [-0.4, -0.2) is 33.9 Å². The van der Waals surface area contributed by atoms with Crippen molar-refractivity contribution in [3.05, 3.63) is 12.4 Å². The summed E-state index contributed by atoms with van der Waals surface area (Å²) in [6.45, 7) is 0. The summed E-state index contributed by atoms with van der Waals surface area (Å²) in [5.74, 6) is 2.09. The zero-order valence-corrected chi connectivity index (χ0v) is 10.2. The van der Waals surface area contributed by atoms with E-state index in [1.807, 2.05) is 11.8 Å². The van der Waals surface area contributed by atoms with Crippen molar-refractivity contribution in [1.29, 1.82) is 0 Å². The number of rotatable bonds is 3. The highest BCUT2D eigenvalue weighted by molar-refractivity contribution is 7.99. The molecule has 2 rings (SSSR count). The number of halogens is 3. The number of hydrogen-bond donors (Lipinski definition) is 1. The standard InChI is InChI=1S/C10H12F3N3OS/c11-10(12,13)17-9-6-14-8(5-15-9)16-7-1-3-18-4-2-7/h5-7H,1-4H2,(H,14,16). The van der Waals surface area contributed by atoms with Gasteiger partial charge in [0.05, 0.1) is 12.4 Å². The van der Waals surface area contributed by atoms with E-state index in [1.165, 1.54) is 6.20 Å². The Morgan fingerprint density at radius 2 is 1.94 bits per heavy atom. The van der Waals surface area contributed by atoms with Crippen LogP contribution in [0.25, 0.3) is 0 Å². The molecule has 0 atom stereocenters. The molecule has 4 nitrogen and oxygen atoms in total. The second kappa shape index (κ2) is 5.64. The Hall–Kier alpha value is -1.18. The molecule has 0 saturated carbocycles. The van der Waals surface area contributed by atoms with Crippen molar-refractivity contribution in [2.75, 3.05) is 16.8 Å². The van der Waals surface area contributed by atoms with Crippen molar-refractivity contribution < 1.29 is 17.9 Å². The summed E-state index contributed by atoms with van der Waals surface area (Å²) in [5, 5.41) is 3.15. The Labute approximate surface area is 106 Å². The molecule has 18 heavy (non-hydrogen) atoms. The summed E-state index contributed by atoms with van der Waals surface area (Å²) in [6, 6.07) is 0.315. The molecule has 0 aliphatic carbocycles. The molecule has 1 aromatic heterocycles. The molecular weight excluding hydrogens is 267 g/mol. The molecule has 1 fully saturated rings. The molecule has 1 aromatic rings. The van der Waals surface area contributed by atoms with Crippen LogP contribution in [0, 0.1) is 0 Å². The number of ether oxygens (including phenoxy) is 1. The lowest BCUT2D eigenvalue weighted by Crippen LogP contribution is -2.25. The third-order valence-corrected chi connectivity index (χ3v) is 3.47. The van der Waals surface area contributed by atoms with E-state index in [-0.39, 0.29) is 0 Å². The lowest BCUT2D eigenvalue weighted by molar-refractivity contribution is -0.276. The van der Waals surface area contributed by atoms with Crippen LogP contribution in [0.2, 0.25) is 0 Å². The maximum atomic E-state index is 11.9. The third kappa shape index (κ3) is 4.25. The molecule has 0 aromatic carbocycles. The van der Waals surface area contributed by atoms with Crippen LogP contribution >= 0.6 is 11.8 Å². The second-order valence-electron chi connectivity index (χ2n) is 3.82. The van der Waals surface area contributed by atoms with Crippen molar-refractivity contribution in [1.82, 2.24) is 9.97 Å². The fourth-order valence-electron chi connectivity index (χ4n) is 1.61. The normalized spacial score (nSPS) is 17.5. The number of aromatic nitrogens is 2. The van der Waals surface area contributed by atoms with Gasteiger partial charge in [0, 0.05) is 6.04 Å². The van der Waals surface area contributed by atoms with Gasteiger partial charge in [-0.2, -0.15) is 11.8 Å². The lowest BCUT2D eigenvalue weighted by Gasteiger charge is -2.22. The SMILES string of the molecule is FC(F)(F)Oc1cnc(NC2CCSCC2)cn1. The molecule has 0 radical (unpaired) electrons. The summed E-state index contributed by atoms with van der Waals surface area (Å²) in [6.07, 6.45) is -0.471. The van der Waals surface area contributed by atoms with Crippen molar-refractivity contribution in [3.63, 3.8) is 0 Å². The monoisotopic (exact) mass is 279 g/mol. The molecule has 2 heterocycles. The molecule has 0 amide bonds. The molecule has 8 heteroatoms. The number of thioether (sulfide) groups is 1. The summed E-state index contributed by atoms with van der Waals surface area (Å²) in [4.78, 5) is 7.41. The Balaban J connectivity index is 1.90. The third-order valence-electron chi connectivity index (χ3n) is 2.42. The number of anilines is 1. The topological polar surface area (TPSA) is 47.0 Å². The number of nitrogens with zero attached hydrogens (tertiary/aromatic N) is 2. The number of nitrogens with one attached hydrogen (secondary N) is 1. The zero-order chi connectivity index (χ0) is 13.0. The molecule has 0 unspecified atom stereocenters. The first-order valence-electron chi connectivity index (χ1n) is 5.45.